The molecule has 0 saturated carbocycles. The summed E-state index contributed by atoms with van der Waals surface area (Å²) < 4.78 is 11.3. The maximum Gasteiger partial charge on any atom is 0.249 e. The van der Waals surface area contributed by atoms with Crippen LogP contribution in [-0.2, 0) is 14.3 Å². The summed E-state index contributed by atoms with van der Waals surface area (Å²) >= 11 is 0. The quantitative estimate of drug-likeness (QED) is 0.777. The number of hydrogen-bond acceptors (Lipinski definition) is 4. The standard InChI is InChI=1S/C17H26N2O3/c20-16(14-3-1-2-4-14)19-9-15-10-22-13-17(15,12-19)11-18-5-7-21-8-6-18/h3,15H,1-2,4-13H2/t15-,17+/m0/s1. The number of likely N-dealkylation sites (tertiary alicyclic amines) is 1. The van der Waals surface area contributed by atoms with Gasteiger partial charge in [0.15, 0.2) is 0 Å². The SMILES string of the molecule is O=C(C1=CCCC1)N1C[C@H]2COC[C@@]2(CN2CCOCC2)C1. The molecule has 0 spiro atoms. The Morgan fingerprint density at radius 1 is 1.32 bits per heavy atom. The van der Waals surface area contributed by atoms with Crippen molar-refractivity contribution in [3.8, 4) is 0 Å². The van der Waals surface area contributed by atoms with E-state index in [0.29, 0.717) is 5.92 Å². The van der Waals surface area contributed by atoms with E-state index in [4.69, 9.17) is 9.47 Å². The molecule has 122 valence electrons. The van der Waals surface area contributed by atoms with Gasteiger partial charge in [-0.3, -0.25) is 9.69 Å². The average molecular weight is 306 g/mol. The van der Waals surface area contributed by atoms with Crippen molar-refractivity contribution in [3.63, 3.8) is 0 Å². The van der Waals surface area contributed by atoms with Gasteiger partial charge < -0.3 is 14.4 Å². The van der Waals surface area contributed by atoms with Crippen LogP contribution in [0.4, 0.5) is 0 Å². The molecule has 5 heteroatoms. The first kappa shape index (κ1) is 14.7. The molecule has 3 fully saturated rings. The molecular formula is C17H26N2O3. The first-order valence-corrected chi connectivity index (χ1v) is 8.63. The van der Waals surface area contributed by atoms with E-state index in [2.05, 4.69) is 15.9 Å². The molecule has 0 unspecified atom stereocenters. The fraction of sp³-hybridized carbons (Fsp3) is 0.824. The largest absolute Gasteiger partial charge is 0.380 e. The van der Waals surface area contributed by atoms with Gasteiger partial charge >= 0.3 is 0 Å². The van der Waals surface area contributed by atoms with Crippen LogP contribution in [0.25, 0.3) is 0 Å². The molecule has 22 heavy (non-hydrogen) atoms. The van der Waals surface area contributed by atoms with E-state index >= 15 is 0 Å². The smallest absolute Gasteiger partial charge is 0.249 e. The van der Waals surface area contributed by atoms with Gasteiger partial charge in [-0.1, -0.05) is 6.08 Å². The first-order chi connectivity index (χ1) is 10.8. The van der Waals surface area contributed by atoms with Crippen molar-refractivity contribution in [1.82, 2.24) is 9.80 Å². The van der Waals surface area contributed by atoms with Gasteiger partial charge in [0.2, 0.25) is 5.91 Å². The minimum absolute atomic E-state index is 0.145. The Labute approximate surface area is 132 Å². The molecule has 0 aromatic carbocycles. The number of carbonyl (C=O) groups is 1. The highest BCUT2D eigenvalue weighted by Crippen LogP contribution is 2.42. The lowest BCUT2D eigenvalue weighted by atomic mass is 9.80. The van der Waals surface area contributed by atoms with Gasteiger partial charge in [0.05, 0.1) is 26.4 Å². The van der Waals surface area contributed by atoms with Crippen molar-refractivity contribution < 1.29 is 14.3 Å². The van der Waals surface area contributed by atoms with E-state index in [0.717, 1.165) is 84.0 Å². The Kier molecular flexibility index (Phi) is 3.96. The molecule has 3 aliphatic heterocycles. The fourth-order valence-electron chi connectivity index (χ4n) is 4.48. The molecule has 1 aliphatic carbocycles. The highest BCUT2D eigenvalue weighted by Gasteiger charge is 2.52. The lowest BCUT2D eigenvalue weighted by molar-refractivity contribution is -0.127. The van der Waals surface area contributed by atoms with Crippen molar-refractivity contribution in [1.29, 1.82) is 0 Å². The zero-order valence-electron chi connectivity index (χ0n) is 13.3. The van der Waals surface area contributed by atoms with Crippen LogP contribution in [0.5, 0.6) is 0 Å². The molecule has 3 saturated heterocycles. The monoisotopic (exact) mass is 306 g/mol. The molecule has 0 aromatic heterocycles. The van der Waals surface area contributed by atoms with Crippen molar-refractivity contribution in [2.75, 3.05) is 59.2 Å². The first-order valence-electron chi connectivity index (χ1n) is 8.63. The third kappa shape index (κ3) is 2.59. The maximum atomic E-state index is 12.7. The third-order valence-electron chi connectivity index (χ3n) is 5.77. The van der Waals surface area contributed by atoms with Gasteiger partial charge in [0, 0.05) is 49.6 Å². The Hall–Kier alpha value is -0.910. The topological polar surface area (TPSA) is 42.0 Å². The van der Waals surface area contributed by atoms with Crippen LogP contribution in [0.3, 0.4) is 0 Å². The van der Waals surface area contributed by atoms with E-state index in [-0.39, 0.29) is 11.3 Å². The highest BCUT2D eigenvalue weighted by atomic mass is 16.5. The second kappa shape index (κ2) is 5.95. The Morgan fingerprint density at radius 3 is 2.95 bits per heavy atom. The Bertz CT molecular complexity index is 473. The lowest BCUT2D eigenvalue weighted by Gasteiger charge is -2.36. The van der Waals surface area contributed by atoms with Crippen molar-refractivity contribution >= 4 is 5.91 Å². The summed E-state index contributed by atoms with van der Waals surface area (Å²) in [6.07, 6.45) is 5.31. The normalized spacial score (nSPS) is 35.7. The van der Waals surface area contributed by atoms with E-state index in [9.17, 15) is 4.79 Å². The molecular weight excluding hydrogens is 280 g/mol. The molecule has 0 aromatic rings. The summed E-state index contributed by atoms with van der Waals surface area (Å²) in [4.78, 5) is 17.3. The average Bonchev–Trinajstić information content (AvgIpc) is 3.22. The predicted molar refractivity (Wildman–Crippen MR) is 82.5 cm³/mol. The number of nitrogens with zero attached hydrogens (tertiary/aromatic N) is 2. The third-order valence-corrected chi connectivity index (χ3v) is 5.77. The highest BCUT2D eigenvalue weighted by molar-refractivity contribution is 5.94. The van der Waals surface area contributed by atoms with Gasteiger partial charge in [-0.15, -0.1) is 0 Å². The Balaban J connectivity index is 1.45. The van der Waals surface area contributed by atoms with Crippen LogP contribution >= 0.6 is 0 Å². The number of amides is 1. The van der Waals surface area contributed by atoms with Gasteiger partial charge in [0.1, 0.15) is 0 Å². The number of hydrogen-bond donors (Lipinski definition) is 0. The van der Waals surface area contributed by atoms with Crippen LogP contribution in [0, 0.1) is 11.3 Å². The number of rotatable bonds is 3. The molecule has 3 heterocycles. The number of morpholine rings is 1. The predicted octanol–water partition coefficient (Wildman–Crippen LogP) is 0.904. The zero-order chi connectivity index (χ0) is 15.0. The summed E-state index contributed by atoms with van der Waals surface area (Å²) in [5.41, 5.74) is 1.19. The van der Waals surface area contributed by atoms with E-state index in [1.807, 2.05) is 0 Å². The van der Waals surface area contributed by atoms with Gasteiger partial charge in [0.25, 0.3) is 0 Å². The minimum atomic E-state index is 0.145. The molecule has 0 bridgehead atoms. The van der Waals surface area contributed by atoms with Crippen LogP contribution in [0.15, 0.2) is 11.6 Å². The van der Waals surface area contributed by atoms with Gasteiger partial charge in [-0.05, 0) is 19.3 Å². The summed E-state index contributed by atoms with van der Waals surface area (Å²) in [7, 11) is 0. The zero-order valence-corrected chi connectivity index (χ0v) is 13.3. The lowest BCUT2D eigenvalue weighted by Crippen LogP contribution is -2.47. The van der Waals surface area contributed by atoms with Crippen LogP contribution < -0.4 is 0 Å². The van der Waals surface area contributed by atoms with Gasteiger partial charge in [-0.25, -0.2) is 0 Å². The minimum Gasteiger partial charge on any atom is -0.380 e. The summed E-state index contributed by atoms with van der Waals surface area (Å²) in [6, 6.07) is 0. The number of carbonyl (C=O) groups excluding carboxylic acids is 1. The molecule has 1 amide bonds. The number of fused-ring (bicyclic) bond motifs is 1. The van der Waals surface area contributed by atoms with Crippen LogP contribution in [0.2, 0.25) is 0 Å². The molecule has 2 atom stereocenters. The summed E-state index contributed by atoms with van der Waals surface area (Å²) in [6.45, 7) is 8.08. The van der Waals surface area contributed by atoms with Crippen molar-refractivity contribution in [2.24, 2.45) is 11.3 Å². The van der Waals surface area contributed by atoms with Crippen molar-refractivity contribution in [2.45, 2.75) is 19.3 Å². The summed E-state index contributed by atoms with van der Waals surface area (Å²) in [5.74, 6) is 0.787. The van der Waals surface area contributed by atoms with E-state index in [1.54, 1.807) is 0 Å². The molecule has 0 radical (unpaired) electrons. The molecule has 4 rings (SSSR count). The second-order valence-electron chi connectivity index (χ2n) is 7.27. The molecule has 5 nitrogen and oxygen atoms in total. The number of ether oxygens (including phenoxy) is 2. The molecule has 4 aliphatic rings. The fourth-order valence-corrected chi connectivity index (χ4v) is 4.48. The number of allylic oxidation sites excluding steroid dienone is 1. The van der Waals surface area contributed by atoms with Crippen LogP contribution in [0.1, 0.15) is 19.3 Å². The second-order valence-corrected chi connectivity index (χ2v) is 7.27. The molecule has 0 N–H and O–H groups in total. The summed E-state index contributed by atoms with van der Waals surface area (Å²) in [5, 5.41) is 0. The van der Waals surface area contributed by atoms with E-state index < -0.39 is 0 Å². The van der Waals surface area contributed by atoms with E-state index in [1.165, 1.54) is 0 Å². The van der Waals surface area contributed by atoms with Gasteiger partial charge in [-0.2, -0.15) is 0 Å². The Morgan fingerprint density at radius 2 is 2.18 bits per heavy atom. The van der Waals surface area contributed by atoms with Crippen molar-refractivity contribution in [3.05, 3.63) is 11.6 Å². The van der Waals surface area contributed by atoms with Crippen LogP contribution in [-0.4, -0.2) is 74.9 Å². The maximum absolute atomic E-state index is 12.7.